The fourth-order valence-electron chi connectivity index (χ4n) is 1.30. The second-order valence-electron chi connectivity index (χ2n) is 2.91. The zero-order chi connectivity index (χ0) is 10.1. The van der Waals surface area contributed by atoms with E-state index in [0.29, 0.717) is 5.15 Å². The van der Waals surface area contributed by atoms with Crippen LogP contribution >= 0.6 is 43.5 Å². The third kappa shape index (κ3) is 1.95. The van der Waals surface area contributed by atoms with Gasteiger partial charge in [0, 0.05) is 15.2 Å². The molecule has 0 fully saturated rings. The molecule has 72 valence electrons. The van der Waals surface area contributed by atoms with E-state index in [4.69, 9.17) is 11.6 Å². The van der Waals surface area contributed by atoms with Crippen LogP contribution in [0, 0.1) is 0 Å². The molecule has 14 heavy (non-hydrogen) atoms. The number of hydrogen-bond donors (Lipinski definition) is 0. The molecular formula is C10H6Br2ClN. The number of nitrogens with zero attached hydrogens (tertiary/aromatic N) is 1. The van der Waals surface area contributed by atoms with Crippen LogP contribution in [0.4, 0.5) is 0 Å². The number of rotatable bonds is 1. The molecule has 1 heterocycles. The van der Waals surface area contributed by atoms with Crippen LogP contribution < -0.4 is 0 Å². The summed E-state index contributed by atoms with van der Waals surface area (Å²) in [5, 5.41) is 2.42. The zero-order valence-electron chi connectivity index (χ0n) is 7.10. The summed E-state index contributed by atoms with van der Waals surface area (Å²) < 4.78 is 1.05. The Labute approximate surface area is 104 Å². The summed E-state index contributed by atoms with van der Waals surface area (Å²) in [5.74, 6) is 0. The number of pyridine rings is 1. The van der Waals surface area contributed by atoms with E-state index in [-0.39, 0.29) is 0 Å². The molecule has 0 aliphatic heterocycles. The molecule has 4 heteroatoms. The van der Waals surface area contributed by atoms with Crippen molar-refractivity contribution in [1.82, 2.24) is 4.98 Å². The van der Waals surface area contributed by atoms with Crippen molar-refractivity contribution in [2.24, 2.45) is 0 Å². The molecule has 0 aliphatic rings. The first-order chi connectivity index (χ1) is 6.70. The van der Waals surface area contributed by atoms with Crippen molar-refractivity contribution >= 4 is 54.4 Å². The minimum atomic E-state index is 0.524. The Hall–Kier alpha value is -0.120. The van der Waals surface area contributed by atoms with Crippen molar-refractivity contribution in [3.63, 3.8) is 0 Å². The SMILES string of the molecule is Clc1ccc2c(Br)cc(CBr)cc2n1. The van der Waals surface area contributed by atoms with E-state index in [0.717, 1.165) is 20.7 Å². The lowest BCUT2D eigenvalue weighted by atomic mass is 10.1. The number of halogens is 3. The molecule has 0 bridgehead atoms. The van der Waals surface area contributed by atoms with Gasteiger partial charge in [-0.25, -0.2) is 4.98 Å². The Morgan fingerprint density at radius 3 is 2.79 bits per heavy atom. The van der Waals surface area contributed by atoms with Crippen LogP contribution in [0.3, 0.4) is 0 Å². The van der Waals surface area contributed by atoms with Crippen LogP contribution in [-0.4, -0.2) is 4.98 Å². The van der Waals surface area contributed by atoms with Crippen LogP contribution in [0.25, 0.3) is 10.9 Å². The van der Waals surface area contributed by atoms with Gasteiger partial charge in [0.1, 0.15) is 5.15 Å². The third-order valence-electron chi connectivity index (χ3n) is 1.94. The summed E-state index contributed by atoms with van der Waals surface area (Å²) in [6.07, 6.45) is 0. The van der Waals surface area contributed by atoms with Crippen molar-refractivity contribution in [2.75, 3.05) is 0 Å². The lowest BCUT2D eigenvalue weighted by molar-refractivity contribution is 1.37. The molecule has 2 rings (SSSR count). The number of hydrogen-bond acceptors (Lipinski definition) is 1. The quantitative estimate of drug-likeness (QED) is 0.550. The maximum absolute atomic E-state index is 5.83. The van der Waals surface area contributed by atoms with Gasteiger partial charge in [-0.05, 0) is 29.8 Å². The van der Waals surface area contributed by atoms with Crippen molar-refractivity contribution in [2.45, 2.75) is 5.33 Å². The Bertz CT molecular complexity index is 485. The van der Waals surface area contributed by atoms with Gasteiger partial charge in [0.15, 0.2) is 0 Å². The highest BCUT2D eigenvalue weighted by Crippen LogP contribution is 2.26. The van der Waals surface area contributed by atoms with Gasteiger partial charge in [0.2, 0.25) is 0 Å². The maximum atomic E-state index is 5.83. The van der Waals surface area contributed by atoms with Crippen LogP contribution in [0.5, 0.6) is 0 Å². The minimum absolute atomic E-state index is 0.524. The topological polar surface area (TPSA) is 12.9 Å². The predicted octanol–water partition coefficient (Wildman–Crippen LogP) is 4.55. The van der Waals surface area contributed by atoms with Crippen LogP contribution in [0.15, 0.2) is 28.7 Å². The minimum Gasteiger partial charge on any atom is -0.236 e. The summed E-state index contributed by atoms with van der Waals surface area (Å²) in [6, 6.07) is 7.86. The van der Waals surface area contributed by atoms with Crippen molar-refractivity contribution < 1.29 is 0 Å². The molecule has 0 unspecified atom stereocenters. The highest BCUT2D eigenvalue weighted by atomic mass is 79.9. The van der Waals surface area contributed by atoms with Gasteiger partial charge in [-0.1, -0.05) is 43.5 Å². The average molecular weight is 335 g/mol. The van der Waals surface area contributed by atoms with E-state index < -0.39 is 0 Å². The molecule has 2 aromatic rings. The standard InChI is InChI=1S/C10H6Br2ClN/c11-5-6-3-8(12)7-1-2-10(13)14-9(7)4-6/h1-4H,5H2. The van der Waals surface area contributed by atoms with Crippen molar-refractivity contribution in [1.29, 1.82) is 0 Å². The van der Waals surface area contributed by atoms with Gasteiger partial charge >= 0.3 is 0 Å². The third-order valence-corrected chi connectivity index (χ3v) is 3.45. The lowest BCUT2D eigenvalue weighted by Gasteiger charge is -2.03. The van der Waals surface area contributed by atoms with Gasteiger partial charge in [0.25, 0.3) is 0 Å². The van der Waals surface area contributed by atoms with Gasteiger partial charge in [-0.2, -0.15) is 0 Å². The van der Waals surface area contributed by atoms with Crippen molar-refractivity contribution in [3.8, 4) is 0 Å². The molecule has 0 amide bonds. The molecule has 0 aliphatic carbocycles. The summed E-state index contributed by atoms with van der Waals surface area (Å²) in [6.45, 7) is 0. The molecule has 0 atom stereocenters. The molecule has 0 saturated carbocycles. The zero-order valence-corrected chi connectivity index (χ0v) is 11.0. The number of benzene rings is 1. The Morgan fingerprint density at radius 2 is 2.07 bits per heavy atom. The first-order valence-corrected chi connectivity index (χ1v) is 6.30. The summed E-state index contributed by atoms with van der Waals surface area (Å²) in [5.41, 5.74) is 2.10. The van der Waals surface area contributed by atoms with Crippen LogP contribution in [-0.2, 0) is 5.33 Å². The molecule has 0 radical (unpaired) electrons. The maximum Gasteiger partial charge on any atom is 0.129 e. The highest BCUT2D eigenvalue weighted by molar-refractivity contribution is 9.10. The summed E-state index contributed by atoms with van der Waals surface area (Å²) in [7, 11) is 0. The fraction of sp³-hybridized carbons (Fsp3) is 0.100. The van der Waals surface area contributed by atoms with E-state index in [9.17, 15) is 0 Å². The Balaban J connectivity index is 2.77. The smallest absolute Gasteiger partial charge is 0.129 e. The van der Waals surface area contributed by atoms with E-state index in [1.807, 2.05) is 12.1 Å². The number of alkyl halides is 1. The first kappa shape index (κ1) is 10.4. The molecule has 0 N–H and O–H groups in total. The van der Waals surface area contributed by atoms with Crippen LogP contribution in [0.2, 0.25) is 5.15 Å². The monoisotopic (exact) mass is 333 g/mol. The summed E-state index contributed by atoms with van der Waals surface area (Å²) >= 11 is 12.8. The van der Waals surface area contributed by atoms with E-state index in [1.54, 1.807) is 6.07 Å². The molecular weight excluding hydrogens is 329 g/mol. The molecule has 1 aromatic carbocycles. The first-order valence-electron chi connectivity index (χ1n) is 4.01. The number of fused-ring (bicyclic) bond motifs is 1. The predicted molar refractivity (Wildman–Crippen MR) is 67.1 cm³/mol. The van der Waals surface area contributed by atoms with Gasteiger partial charge < -0.3 is 0 Å². The Morgan fingerprint density at radius 1 is 1.29 bits per heavy atom. The van der Waals surface area contributed by atoms with Gasteiger partial charge in [-0.15, -0.1) is 0 Å². The molecule has 1 aromatic heterocycles. The molecule has 0 saturated heterocycles. The van der Waals surface area contributed by atoms with E-state index >= 15 is 0 Å². The van der Waals surface area contributed by atoms with E-state index in [1.165, 1.54) is 5.56 Å². The lowest BCUT2D eigenvalue weighted by Crippen LogP contribution is -1.84. The largest absolute Gasteiger partial charge is 0.236 e. The normalized spacial score (nSPS) is 10.8. The second-order valence-corrected chi connectivity index (χ2v) is 4.71. The molecule has 1 nitrogen and oxygen atoms in total. The molecule has 0 spiro atoms. The number of aromatic nitrogens is 1. The average Bonchev–Trinajstić information content (AvgIpc) is 2.16. The van der Waals surface area contributed by atoms with Crippen LogP contribution in [0.1, 0.15) is 5.56 Å². The fourth-order valence-corrected chi connectivity index (χ4v) is 2.40. The Kier molecular flexibility index (Phi) is 3.10. The highest BCUT2D eigenvalue weighted by Gasteiger charge is 2.03. The van der Waals surface area contributed by atoms with E-state index in [2.05, 4.69) is 42.9 Å². The second kappa shape index (κ2) is 4.17. The van der Waals surface area contributed by atoms with Gasteiger partial charge in [-0.3, -0.25) is 0 Å². The summed E-state index contributed by atoms with van der Waals surface area (Å²) in [4.78, 5) is 4.26. The van der Waals surface area contributed by atoms with Gasteiger partial charge in [0.05, 0.1) is 5.52 Å². The van der Waals surface area contributed by atoms with Crippen molar-refractivity contribution in [3.05, 3.63) is 39.5 Å².